The van der Waals surface area contributed by atoms with E-state index in [1.807, 2.05) is 37.3 Å². The summed E-state index contributed by atoms with van der Waals surface area (Å²) in [7, 11) is 0. The Morgan fingerprint density at radius 3 is 2.41 bits per heavy atom. The van der Waals surface area contributed by atoms with Crippen LogP contribution < -0.4 is 4.74 Å². The van der Waals surface area contributed by atoms with Crippen LogP contribution in [0.25, 0.3) is 5.76 Å². The number of hydrogen-bond acceptors (Lipinski definition) is 6. The molecule has 0 saturated carbocycles. The number of amides is 1. The second-order valence-electron chi connectivity index (χ2n) is 8.58. The summed E-state index contributed by atoms with van der Waals surface area (Å²) >= 11 is 0. The third kappa shape index (κ3) is 5.32. The Morgan fingerprint density at radius 2 is 1.74 bits per heavy atom. The van der Waals surface area contributed by atoms with E-state index < -0.39 is 17.7 Å². The normalized spacial score (nSPS) is 20.6. The van der Waals surface area contributed by atoms with E-state index in [0.717, 1.165) is 51.3 Å². The Balaban J connectivity index is 1.61. The van der Waals surface area contributed by atoms with Crippen LogP contribution >= 0.6 is 0 Å². The van der Waals surface area contributed by atoms with Crippen molar-refractivity contribution in [2.24, 2.45) is 0 Å². The highest BCUT2D eigenvalue weighted by Crippen LogP contribution is 2.39. The molecular weight excluding hydrogens is 432 g/mol. The number of nitrogens with zero attached hydrogens (tertiary/aromatic N) is 2. The molecule has 7 nitrogen and oxygen atoms in total. The molecule has 0 spiro atoms. The fourth-order valence-electron chi connectivity index (χ4n) is 4.47. The SMILES string of the molecule is CCCOc1ccc(/C(O)=C2\C(=O)C(=O)N(CCCN3CCOCC3)C2c2ccccc2)cc1. The van der Waals surface area contributed by atoms with Crippen molar-refractivity contribution < 1.29 is 24.2 Å². The van der Waals surface area contributed by atoms with Gasteiger partial charge < -0.3 is 19.5 Å². The van der Waals surface area contributed by atoms with E-state index in [0.29, 0.717) is 24.5 Å². The predicted molar refractivity (Wildman–Crippen MR) is 130 cm³/mol. The Morgan fingerprint density at radius 1 is 1.03 bits per heavy atom. The van der Waals surface area contributed by atoms with E-state index in [9.17, 15) is 14.7 Å². The average Bonchev–Trinajstić information content (AvgIpc) is 3.13. The molecule has 7 heteroatoms. The van der Waals surface area contributed by atoms with Crippen LogP contribution in [0.4, 0.5) is 0 Å². The van der Waals surface area contributed by atoms with E-state index in [-0.39, 0.29) is 11.3 Å². The van der Waals surface area contributed by atoms with E-state index >= 15 is 0 Å². The molecular formula is C27H32N2O5. The van der Waals surface area contributed by atoms with Gasteiger partial charge in [-0.1, -0.05) is 37.3 Å². The lowest BCUT2D eigenvalue weighted by molar-refractivity contribution is -0.140. The van der Waals surface area contributed by atoms with Crippen molar-refractivity contribution in [2.75, 3.05) is 46.0 Å². The highest BCUT2D eigenvalue weighted by atomic mass is 16.5. The molecule has 2 fully saturated rings. The second kappa shape index (κ2) is 11.3. The standard InChI is InChI=1S/C27H32N2O5/c1-2-17-34-22-11-9-21(10-12-22)25(30)23-24(20-7-4-3-5-8-20)29(27(32)26(23)31)14-6-13-28-15-18-33-19-16-28/h3-5,7-12,24,30H,2,6,13-19H2,1H3/b25-23+. The number of aliphatic hydroxyl groups is 1. The molecule has 4 rings (SSSR count). The summed E-state index contributed by atoms with van der Waals surface area (Å²) in [6, 6.07) is 15.8. The van der Waals surface area contributed by atoms with Gasteiger partial charge in [-0.05, 0) is 42.7 Å². The fraction of sp³-hybridized carbons (Fsp3) is 0.407. The Bertz CT molecular complexity index is 1010. The van der Waals surface area contributed by atoms with Gasteiger partial charge in [-0.3, -0.25) is 14.5 Å². The van der Waals surface area contributed by atoms with E-state index in [2.05, 4.69) is 4.90 Å². The van der Waals surface area contributed by atoms with Crippen molar-refractivity contribution in [3.8, 4) is 5.75 Å². The van der Waals surface area contributed by atoms with Crippen LogP contribution in [0.3, 0.4) is 0 Å². The number of ether oxygens (including phenoxy) is 2. The van der Waals surface area contributed by atoms with Gasteiger partial charge >= 0.3 is 0 Å². The van der Waals surface area contributed by atoms with Gasteiger partial charge in [0.15, 0.2) is 0 Å². The molecule has 0 radical (unpaired) electrons. The summed E-state index contributed by atoms with van der Waals surface area (Å²) < 4.78 is 11.0. The molecule has 180 valence electrons. The van der Waals surface area contributed by atoms with Crippen molar-refractivity contribution in [1.82, 2.24) is 9.80 Å². The van der Waals surface area contributed by atoms with E-state index in [1.165, 1.54) is 0 Å². The average molecular weight is 465 g/mol. The minimum absolute atomic E-state index is 0.129. The topological polar surface area (TPSA) is 79.3 Å². The zero-order valence-corrected chi connectivity index (χ0v) is 19.6. The zero-order valence-electron chi connectivity index (χ0n) is 19.6. The molecule has 34 heavy (non-hydrogen) atoms. The highest BCUT2D eigenvalue weighted by molar-refractivity contribution is 6.46. The summed E-state index contributed by atoms with van der Waals surface area (Å²) in [6.07, 6.45) is 1.63. The van der Waals surface area contributed by atoms with Gasteiger partial charge in [-0.15, -0.1) is 0 Å². The van der Waals surface area contributed by atoms with Gasteiger partial charge in [-0.25, -0.2) is 0 Å². The van der Waals surface area contributed by atoms with Gasteiger partial charge in [0.05, 0.1) is 31.4 Å². The van der Waals surface area contributed by atoms with Crippen LogP contribution in [0.1, 0.15) is 36.9 Å². The number of Topliss-reactive ketones (excluding diaryl/α,β-unsaturated/α-hetero) is 1. The molecule has 2 aromatic rings. The lowest BCUT2D eigenvalue weighted by atomic mass is 9.95. The third-order valence-corrected chi connectivity index (χ3v) is 6.23. The van der Waals surface area contributed by atoms with Crippen LogP contribution in [-0.4, -0.2) is 72.6 Å². The number of ketones is 1. The molecule has 0 bridgehead atoms. The van der Waals surface area contributed by atoms with E-state index in [4.69, 9.17) is 9.47 Å². The second-order valence-corrected chi connectivity index (χ2v) is 8.58. The number of carbonyl (C=O) groups is 2. The van der Waals surface area contributed by atoms with Crippen LogP contribution in [-0.2, 0) is 14.3 Å². The first-order valence-corrected chi connectivity index (χ1v) is 12.0. The van der Waals surface area contributed by atoms with Crippen LogP contribution in [0, 0.1) is 0 Å². The quantitative estimate of drug-likeness (QED) is 0.347. The third-order valence-electron chi connectivity index (χ3n) is 6.23. The number of benzene rings is 2. The highest BCUT2D eigenvalue weighted by Gasteiger charge is 2.45. The number of carbonyl (C=O) groups excluding carboxylic acids is 2. The number of likely N-dealkylation sites (tertiary alicyclic amines) is 1. The largest absolute Gasteiger partial charge is 0.507 e. The molecule has 2 saturated heterocycles. The maximum atomic E-state index is 13.1. The summed E-state index contributed by atoms with van der Waals surface area (Å²) in [4.78, 5) is 30.1. The maximum absolute atomic E-state index is 13.1. The molecule has 2 aliphatic rings. The van der Waals surface area contributed by atoms with Gasteiger partial charge in [-0.2, -0.15) is 0 Å². The molecule has 1 amide bonds. The lowest BCUT2D eigenvalue weighted by Gasteiger charge is -2.29. The van der Waals surface area contributed by atoms with Crippen molar-refractivity contribution in [2.45, 2.75) is 25.8 Å². The monoisotopic (exact) mass is 464 g/mol. The number of morpholine rings is 1. The first-order valence-electron chi connectivity index (χ1n) is 12.0. The van der Waals surface area contributed by atoms with Crippen molar-refractivity contribution in [3.63, 3.8) is 0 Å². The molecule has 0 aromatic heterocycles. The number of aliphatic hydroxyl groups excluding tert-OH is 1. The van der Waals surface area contributed by atoms with Crippen LogP contribution in [0.15, 0.2) is 60.2 Å². The number of hydrogen-bond donors (Lipinski definition) is 1. The zero-order chi connectivity index (χ0) is 23.9. The van der Waals surface area contributed by atoms with Crippen molar-refractivity contribution in [3.05, 3.63) is 71.3 Å². The lowest BCUT2D eigenvalue weighted by Crippen LogP contribution is -2.38. The molecule has 2 aliphatic heterocycles. The van der Waals surface area contributed by atoms with E-state index in [1.54, 1.807) is 29.2 Å². The summed E-state index contributed by atoms with van der Waals surface area (Å²) in [6.45, 7) is 7.08. The first kappa shape index (κ1) is 24.0. The first-order chi connectivity index (χ1) is 16.6. The van der Waals surface area contributed by atoms with Crippen LogP contribution in [0.5, 0.6) is 5.75 Å². The fourth-order valence-corrected chi connectivity index (χ4v) is 4.47. The maximum Gasteiger partial charge on any atom is 0.295 e. The Labute approximate surface area is 200 Å². The smallest absolute Gasteiger partial charge is 0.295 e. The Hall–Kier alpha value is -3.16. The molecule has 2 heterocycles. The van der Waals surface area contributed by atoms with Gasteiger partial charge in [0, 0.05) is 31.7 Å². The van der Waals surface area contributed by atoms with Gasteiger partial charge in [0.1, 0.15) is 11.5 Å². The summed E-state index contributed by atoms with van der Waals surface area (Å²) in [5.41, 5.74) is 1.42. The summed E-state index contributed by atoms with van der Waals surface area (Å²) in [5.74, 6) is -0.684. The molecule has 0 aliphatic carbocycles. The Kier molecular flexibility index (Phi) is 7.98. The molecule has 2 aromatic carbocycles. The number of rotatable bonds is 9. The van der Waals surface area contributed by atoms with Crippen molar-refractivity contribution in [1.29, 1.82) is 0 Å². The molecule has 1 N–H and O–H groups in total. The van der Waals surface area contributed by atoms with Crippen LogP contribution in [0.2, 0.25) is 0 Å². The minimum atomic E-state index is -0.649. The van der Waals surface area contributed by atoms with Crippen molar-refractivity contribution >= 4 is 17.4 Å². The van der Waals surface area contributed by atoms with Gasteiger partial charge in [0.2, 0.25) is 0 Å². The minimum Gasteiger partial charge on any atom is -0.507 e. The molecule has 1 atom stereocenters. The molecule has 1 unspecified atom stereocenters. The summed E-state index contributed by atoms with van der Waals surface area (Å²) in [5, 5.41) is 11.2. The van der Waals surface area contributed by atoms with Gasteiger partial charge in [0.25, 0.3) is 11.7 Å². The predicted octanol–water partition coefficient (Wildman–Crippen LogP) is 3.62.